The summed E-state index contributed by atoms with van der Waals surface area (Å²) in [5, 5.41) is 3.89. The fraction of sp³-hybridized carbons (Fsp3) is 0.192. The SMILES string of the molecule is Cc1cc(C)cc(-n2c(SCC(=O)NC(C)c3ccc(F)cc3)nc3ccccc3c2=O)c1. The molecule has 0 bridgehead atoms. The molecule has 3 aromatic carbocycles. The number of aryl methyl sites for hydroxylation is 2. The van der Waals surface area contributed by atoms with Gasteiger partial charge < -0.3 is 5.32 Å². The summed E-state index contributed by atoms with van der Waals surface area (Å²) >= 11 is 1.21. The van der Waals surface area contributed by atoms with Crippen LogP contribution in [0.2, 0.25) is 0 Å². The number of thioether (sulfide) groups is 1. The molecule has 4 rings (SSSR count). The van der Waals surface area contributed by atoms with Gasteiger partial charge in [0.2, 0.25) is 5.91 Å². The minimum absolute atomic E-state index is 0.0844. The van der Waals surface area contributed by atoms with Gasteiger partial charge in [-0.25, -0.2) is 9.37 Å². The topological polar surface area (TPSA) is 64.0 Å². The number of hydrogen-bond donors (Lipinski definition) is 1. The van der Waals surface area contributed by atoms with Crippen LogP contribution in [0.5, 0.6) is 0 Å². The third-order valence-electron chi connectivity index (χ3n) is 5.29. The van der Waals surface area contributed by atoms with E-state index in [0.29, 0.717) is 16.1 Å². The van der Waals surface area contributed by atoms with Gasteiger partial charge in [0.15, 0.2) is 5.16 Å². The molecular weight excluding hydrogens is 437 g/mol. The first-order chi connectivity index (χ1) is 15.8. The van der Waals surface area contributed by atoms with E-state index in [1.165, 1.54) is 23.9 Å². The molecule has 5 nitrogen and oxygen atoms in total. The molecule has 1 unspecified atom stereocenters. The van der Waals surface area contributed by atoms with Crippen LogP contribution in [0, 0.1) is 19.7 Å². The number of carbonyl (C=O) groups is 1. The van der Waals surface area contributed by atoms with E-state index in [2.05, 4.69) is 5.32 Å². The lowest BCUT2D eigenvalue weighted by molar-refractivity contribution is -0.119. The van der Waals surface area contributed by atoms with E-state index in [9.17, 15) is 14.0 Å². The highest BCUT2D eigenvalue weighted by molar-refractivity contribution is 7.99. The maximum absolute atomic E-state index is 13.4. The van der Waals surface area contributed by atoms with E-state index in [4.69, 9.17) is 4.98 Å². The molecular formula is C26H24FN3O2S. The molecule has 0 saturated carbocycles. The summed E-state index contributed by atoms with van der Waals surface area (Å²) < 4.78 is 14.7. The van der Waals surface area contributed by atoms with Crippen LogP contribution in [0.15, 0.2) is 76.7 Å². The number of nitrogens with zero attached hydrogens (tertiary/aromatic N) is 2. The fourth-order valence-electron chi connectivity index (χ4n) is 3.76. The standard InChI is InChI=1S/C26H24FN3O2S/c1-16-12-17(2)14-21(13-16)30-25(32)22-6-4-5-7-23(22)29-26(30)33-15-24(31)28-18(3)19-8-10-20(27)11-9-19/h4-14,18H,15H2,1-3H3,(H,28,31). The lowest BCUT2D eigenvalue weighted by Crippen LogP contribution is -2.29. The quantitative estimate of drug-likeness (QED) is 0.320. The smallest absolute Gasteiger partial charge is 0.266 e. The normalized spacial score (nSPS) is 12.0. The number of benzene rings is 3. The highest BCUT2D eigenvalue weighted by Crippen LogP contribution is 2.23. The van der Waals surface area contributed by atoms with Gasteiger partial charge in [0.25, 0.3) is 5.56 Å². The molecule has 1 amide bonds. The highest BCUT2D eigenvalue weighted by atomic mass is 32.2. The lowest BCUT2D eigenvalue weighted by Gasteiger charge is -2.16. The van der Waals surface area contributed by atoms with E-state index in [1.54, 1.807) is 28.8 Å². The molecule has 0 spiro atoms. The number of aromatic nitrogens is 2. The Kier molecular flexibility index (Phi) is 6.60. The minimum atomic E-state index is -0.320. The van der Waals surface area contributed by atoms with Crippen LogP contribution in [0.25, 0.3) is 16.6 Å². The number of carbonyl (C=O) groups excluding carboxylic acids is 1. The Balaban J connectivity index is 1.63. The number of rotatable bonds is 6. The van der Waals surface area contributed by atoms with E-state index < -0.39 is 0 Å². The molecule has 4 aromatic rings. The Bertz CT molecular complexity index is 1360. The second-order valence-corrected chi connectivity index (χ2v) is 8.97. The second-order valence-electron chi connectivity index (χ2n) is 8.03. The Labute approximate surface area is 195 Å². The van der Waals surface area contributed by atoms with Gasteiger partial charge in [0.05, 0.1) is 28.4 Å². The van der Waals surface area contributed by atoms with Crippen LogP contribution in [-0.2, 0) is 4.79 Å². The van der Waals surface area contributed by atoms with E-state index in [1.807, 2.05) is 51.1 Å². The fourth-order valence-corrected chi connectivity index (χ4v) is 4.59. The van der Waals surface area contributed by atoms with Gasteiger partial charge >= 0.3 is 0 Å². The van der Waals surface area contributed by atoms with Crippen molar-refractivity contribution in [3.05, 3.63) is 99.6 Å². The zero-order valence-corrected chi connectivity index (χ0v) is 19.4. The van der Waals surface area contributed by atoms with Crippen LogP contribution in [-0.4, -0.2) is 21.2 Å². The molecule has 0 aliphatic heterocycles. The third-order valence-corrected chi connectivity index (χ3v) is 6.23. The molecule has 1 atom stereocenters. The first-order valence-electron chi connectivity index (χ1n) is 10.6. The number of nitrogens with one attached hydrogen (secondary N) is 1. The van der Waals surface area contributed by atoms with Crippen molar-refractivity contribution in [3.63, 3.8) is 0 Å². The van der Waals surface area contributed by atoms with Crippen LogP contribution in [0.3, 0.4) is 0 Å². The largest absolute Gasteiger partial charge is 0.349 e. The van der Waals surface area contributed by atoms with E-state index >= 15 is 0 Å². The number of halogens is 1. The maximum atomic E-state index is 13.4. The summed E-state index contributed by atoms with van der Waals surface area (Å²) in [6, 6.07) is 18.9. The van der Waals surface area contributed by atoms with Crippen molar-refractivity contribution in [2.75, 3.05) is 5.75 Å². The Morgan fingerprint density at radius 1 is 1.06 bits per heavy atom. The van der Waals surface area contributed by atoms with Crippen molar-refractivity contribution >= 4 is 28.6 Å². The summed E-state index contributed by atoms with van der Waals surface area (Å²) in [7, 11) is 0. The van der Waals surface area contributed by atoms with Gasteiger partial charge in [0, 0.05) is 0 Å². The molecule has 168 valence electrons. The highest BCUT2D eigenvalue weighted by Gasteiger charge is 2.16. The Morgan fingerprint density at radius 2 is 1.73 bits per heavy atom. The molecule has 1 aromatic heterocycles. The summed E-state index contributed by atoms with van der Waals surface area (Å²) in [6.07, 6.45) is 0. The zero-order chi connectivity index (χ0) is 23.5. The number of fused-ring (bicyclic) bond motifs is 1. The van der Waals surface area contributed by atoms with Crippen LogP contribution >= 0.6 is 11.8 Å². The molecule has 0 aliphatic rings. The summed E-state index contributed by atoms with van der Waals surface area (Å²) in [6.45, 7) is 5.80. The average Bonchev–Trinajstić information content (AvgIpc) is 2.77. The molecule has 1 N–H and O–H groups in total. The molecule has 7 heteroatoms. The Morgan fingerprint density at radius 3 is 2.42 bits per heavy atom. The molecule has 1 heterocycles. The van der Waals surface area contributed by atoms with Crippen molar-refractivity contribution in [2.45, 2.75) is 32.0 Å². The van der Waals surface area contributed by atoms with Gasteiger partial charge in [-0.2, -0.15) is 0 Å². The summed E-state index contributed by atoms with van der Waals surface area (Å²) in [5.41, 5.74) is 4.02. The lowest BCUT2D eigenvalue weighted by atomic mass is 10.1. The minimum Gasteiger partial charge on any atom is -0.349 e. The van der Waals surface area contributed by atoms with Crippen LogP contribution < -0.4 is 10.9 Å². The number of hydrogen-bond acceptors (Lipinski definition) is 4. The van der Waals surface area contributed by atoms with Crippen LogP contribution in [0.4, 0.5) is 4.39 Å². The Hall–Kier alpha value is -3.45. The van der Waals surface area contributed by atoms with Crippen LogP contribution in [0.1, 0.15) is 29.7 Å². The van der Waals surface area contributed by atoms with Crippen molar-refractivity contribution in [2.24, 2.45) is 0 Å². The molecule has 0 aliphatic carbocycles. The molecule has 0 radical (unpaired) electrons. The second kappa shape index (κ2) is 9.58. The zero-order valence-electron chi connectivity index (χ0n) is 18.6. The van der Waals surface area contributed by atoms with Crippen molar-refractivity contribution in [1.29, 1.82) is 0 Å². The molecule has 0 fully saturated rings. The monoisotopic (exact) mass is 461 g/mol. The predicted molar refractivity (Wildman–Crippen MR) is 130 cm³/mol. The maximum Gasteiger partial charge on any atom is 0.266 e. The number of amides is 1. The van der Waals surface area contributed by atoms with Gasteiger partial charge in [0.1, 0.15) is 5.82 Å². The summed E-state index contributed by atoms with van der Waals surface area (Å²) in [5.74, 6) is -0.438. The van der Waals surface area contributed by atoms with E-state index in [-0.39, 0.29) is 29.1 Å². The first kappa shape index (κ1) is 22.7. The average molecular weight is 462 g/mol. The van der Waals surface area contributed by atoms with Gasteiger partial charge in [-0.1, -0.05) is 42.1 Å². The molecule has 33 heavy (non-hydrogen) atoms. The van der Waals surface area contributed by atoms with Gasteiger partial charge in [-0.15, -0.1) is 0 Å². The van der Waals surface area contributed by atoms with Gasteiger partial charge in [-0.3, -0.25) is 14.2 Å². The predicted octanol–water partition coefficient (Wildman–Crippen LogP) is 5.11. The van der Waals surface area contributed by atoms with E-state index in [0.717, 1.165) is 22.4 Å². The molecule has 0 saturated heterocycles. The van der Waals surface area contributed by atoms with Crippen molar-refractivity contribution in [3.8, 4) is 5.69 Å². The van der Waals surface area contributed by atoms with Crippen molar-refractivity contribution in [1.82, 2.24) is 14.9 Å². The first-order valence-corrected chi connectivity index (χ1v) is 11.6. The summed E-state index contributed by atoms with van der Waals surface area (Å²) in [4.78, 5) is 30.7. The van der Waals surface area contributed by atoms with Crippen molar-refractivity contribution < 1.29 is 9.18 Å². The number of para-hydroxylation sites is 1. The third kappa shape index (κ3) is 5.14. The van der Waals surface area contributed by atoms with Gasteiger partial charge in [-0.05, 0) is 73.9 Å².